The van der Waals surface area contributed by atoms with Crippen LogP contribution in [0.1, 0.15) is 46.0 Å². The molecule has 0 radical (unpaired) electrons. The highest BCUT2D eigenvalue weighted by atomic mass is 15.2. The van der Waals surface area contributed by atoms with E-state index in [2.05, 4.69) is 24.1 Å². The second-order valence-corrected chi connectivity index (χ2v) is 5.60. The van der Waals surface area contributed by atoms with Gasteiger partial charge in [0.25, 0.3) is 0 Å². The van der Waals surface area contributed by atoms with Gasteiger partial charge in [0.05, 0.1) is 0 Å². The topological polar surface area (TPSA) is 15.3 Å². The average Bonchev–Trinajstić information content (AvgIpc) is 3.02. The maximum atomic E-state index is 3.64. The molecule has 0 amide bonds. The predicted molar refractivity (Wildman–Crippen MR) is 65.1 cm³/mol. The van der Waals surface area contributed by atoms with E-state index in [1.54, 1.807) is 0 Å². The molecule has 0 spiro atoms. The zero-order chi connectivity index (χ0) is 10.7. The molecule has 2 aliphatic rings. The molecular formula is C13H26N2. The van der Waals surface area contributed by atoms with Crippen LogP contribution in [0.3, 0.4) is 0 Å². The van der Waals surface area contributed by atoms with Crippen molar-refractivity contribution in [2.24, 2.45) is 5.92 Å². The number of nitrogens with one attached hydrogen (secondary N) is 1. The minimum absolute atomic E-state index is 0.732. The van der Waals surface area contributed by atoms with Crippen molar-refractivity contribution < 1.29 is 0 Å². The number of rotatable bonds is 4. The van der Waals surface area contributed by atoms with E-state index in [0.717, 1.165) is 18.0 Å². The van der Waals surface area contributed by atoms with Gasteiger partial charge in [0.1, 0.15) is 0 Å². The van der Waals surface area contributed by atoms with Crippen molar-refractivity contribution in [1.82, 2.24) is 10.2 Å². The van der Waals surface area contributed by atoms with Crippen molar-refractivity contribution >= 4 is 0 Å². The molecule has 2 nitrogen and oxygen atoms in total. The van der Waals surface area contributed by atoms with E-state index in [9.17, 15) is 0 Å². The van der Waals surface area contributed by atoms with Crippen LogP contribution in [0.4, 0.5) is 0 Å². The van der Waals surface area contributed by atoms with Crippen molar-refractivity contribution in [3.05, 3.63) is 0 Å². The lowest BCUT2D eigenvalue weighted by Gasteiger charge is -2.27. The lowest BCUT2D eigenvalue weighted by molar-refractivity contribution is 0.209. The normalized spacial score (nSPS) is 31.2. The molecule has 2 unspecified atom stereocenters. The van der Waals surface area contributed by atoms with Gasteiger partial charge in [-0.3, -0.25) is 4.90 Å². The van der Waals surface area contributed by atoms with Crippen LogP contribution >= 0.6 is 0 Å². The maximum Gasteiger partial charge on any atom is 0.0192 e. The van der Waals surface area contributed by atoms with Gasteiger partial charge >= 0.3 is 0 Å². The van der Waals surface area contributed by atoms with E-state index in [1.165, 1.54) is 51.7 Å². The monoisotopic (exact) mass is 210 g/mol. The summed E-state index contributed by atoms with van der Waals surface area (Å²) in [6, 6.07) is 1.59. The van der Waals surface area contributed by atoms with Crippen LogP contribution in [0, 0.1) is 5.92 Å². The Morgan fingerprint density at radius 1 is 1.20 bits per heavy atom. The summed E-state index contributed by atoms with van der Waals surface area (Å²) in [5.41, 5.74) is 0. The fourth-order valence-corrected chi connectivity index (χ4v) is 2.48. The van der Waals surface area contributed by atoms with E-state index in [4.69, 9.17) is 0 Å². The Bertz CT molecular complexity index is 189. The molecule has 15 heavy (non-hydrogen) atoms. The number of hydrogen-bond donors (Lipinski definition) is 1. The van der Waals surface area contributed by atoms with Gasteiger partial charge < -0.3 is 5.32 Å². The largest absolute Gasteiger partial charge is 0.312 e. The molecule has 0 aromatic heterocycles. The zero-order valence-electron chi connectivity index (χ0n) is 10.3. The smallest absolute Gasteiger partial charge is 0.0192 e. The fourth-order valence-electron chi connectivity index (χ4n) is 2.48. The first-order chi connectivity index (χ1) is 7.25. The number of likely N-dealkylation sites (tertiary alicyclic amines) is 1. The summed E-state index contributed by atoms with van der Waals surface area (Å²) >= 11 is 0. The Kier molecular flexibility index (Phi) is 4.04. The second-order valence-electron chi connectivity index (χ2n) is 5.60. The fraction of sp³-hybridized carbons (Fsp3) is 1.00. The minimum atomic E-state index is 0.732. The Morgan fingerprint density at radius 2 is 2.00 bits per heavy atom. The number of nitrogens with zero attached hydrogens (tertiary/aromatic N) is 1. The summed E-state index contributed by atoms with van der Waals surface area (Å²) < 4.78 is 0. The van der Waals surface area contributed by atoms with E-state index >= 15 is 0 Å². The first kappa shape index (κ1) is 11.4. The van der Waals surface area contributed by atoms with E-state index in [1.807, 2.05) is 0 Å². The predicted octanol–water partition coefficient (Wildman–Crippen LogP) is 2.25. The van der Waals surface area contributed by atoms with Gasteiger partial charge in [-0.05, 0) is 58.0 Å². The highest BCUT2D eigenvalue weighted by Crippen LogP contribution is 2.20. The average molecular weight is 210 g/mol. The van der Waals surface area contributed by atoms with E-state index < -0.39 is 0 Å². The molecule has 1 aliphatic heterocycles. The first-order valence-electron chi connectivity index (χ1n) is 6.73. The summed E-state index contributed by atoms with van der Waals surface area (Å²) in [5, 5.41) is 3.64. The lowest BCUT2D eigenvalue weighted by atomic mass is 10.0. The van der Waals surface area contributed by atoms with Crippen LogP contribution in [-0.4, -0.2) is 36.6 Å². The molecule has 2 atom stereocenters. The first-order valence-corrected chi connectivity index (χ1v) is 6.73. The lowest BCUT2D eigenvalue weighted by Crippen LogP contribution is -2.41. The Balaban J connectivity index is 1.70. The summed E-state index contributed by atoms with van der Waals surface area (Å²) in [6.07, 6.45) is 7.04. The molecule has 1 saturated carbocycles. The highest BCUT2D eigenvalue weighted by Gasteiger charge is 2.23. The number of hydrogen-bond acceptors (Lipinski definition) is 2. The molecule has 1 aliphatic carbocycles. The summed E-state index contributed by atoms with van der Waals surface area (Å²) in [7, 11) is 0. The molecule has 1 saturated heterocycles. The standard InChI is InChI=1S/C13H26N2/c1-11-4-3-8-15(9-7-11)12(2)10-14-13-5-6-13/h11-14H,3-10H2,1-2H3. The van der Waals surface area contributed by atoms with Crippen molar-refractivity contribution in [1.29, 1.82) is 0 Å². The molecule has 88 valence electrons. The van der Waals surface area contributed by atoms with Gasteiger partial charge in [-0.2, -0.15) is 0 Å². The Labute approximate surface area is 94.4 Å². The molecular weight excluding hydrogens is 184 g/mol. The van der Waals surface area contributed by atoms with Crippen LogP contribution in [0.5, 0.6) is 0 Å². The van der Waals surface area contributed by atoms with Crippen LogP contribution in [0.15, 0.2) is 0 Å². The van der Waals surface area contributed by atoms with Crippen LogP contribution in [-0.2, 0) is 0 Å². The molecule has 2 heteroatoms. The van der Waals surface area contributed by atoms with Crippen molar-refractivity contribution in [2.75, 3.05) is 19.6 Å². The van der Waals surface area contributed by atoms with Crippen molar-refractivity contribution in [3.8, 4) is 0 Å². The molecule has 2 fully saturated rings. The van der Waals surface area contributed by atoms with Crippen molar-refractivity contribution in [3.63, 3.8) is 0 Å². The summed E-state index contributed by atoms with van der Waals surface area (Å²) in [6.45, 7) is 8.60. The minimum Gasteiger partial charge on any atom is -0.312 e. The van der Waals surface area contributed by atoms with E-state index in [-0.39, 0.29) is 0 Å². The van der Waals surface area contributed by atoms with Gasteiger partial charge in [-0.25, -0.2) is 0 Å². The highest BCUT2D eigenvalue weighted by molar-refractivity contribution is 4.83. The zero-order valence-corrected chi connectivity index (χ0v) is 10.3. The third kappa shape index (κ3) is 3.76. The maximum absolute atomic E-state index is 3.64. The molecule has 1 heterocycles. The van der Waals surface area contributed by atoms with Gasteiger partial charge in [0.15, 0.2) is 0 Å². The van der Waals surface area contributed by atoms with Gasteiger partial charge in [-0.1, -0.05) is 6.92 Å². The summed E-state index contributed by atoms with van der Waals surface area (Å²) in [4.78, 5) is 2.68. The summed E-state index contributed by atoms with van der Waals surface area (Å²) in [5.74, 6) is 0.943. The van der Waals surface area contributed by atoms with Gasteiger partial charge in [0.2, 0.25) is 0 Å². The van der Waals surface area contributed by atoms with Crippen molar-refractivity contribution in [2.45, 2.75) is 58.0 Å². The van der Waals surface area contributed by atoms with Gasteiger partial charge in [0, 0.05) is 18.6 Å². The molecule has 2 rings (SSSR count). The SMILES string of the molecule is CC1CCCN(C(C)CNC2CC2)CC1. The van der Waals surface area contributed by atoms with Gasteiger partial charge in [-0.15, -0.1) is 0 Å². The Morgan fingerprint density at radius 3 is 2.73 bits per heavy atom. The molecule has 0 aromatic rings. The van der Waals surface area contributed by atoms with E-state index in [0.29, 0.717) is 0 Å². The Hall–Kier alpha value is -0.0800. The molecule has 0 bridgehead atoms. The quantitative estimate of drug-likeness (QED) is 0.765. The van der Waals surface area contributed by atoms with Crippen LogP contribution in [0.25, 0.3) is 0 Å². The third-order valence-corrected chi connectivity index (χ3v) is 3.95. The van der Waals surface area contributed by atoms with Crippen LogP contribution in [0.2, 0.25) is 0 Å². The second kappa shape index (κ2) is 5.31. The molecule has 1 N–H and O–H groups in total. The molecule has 0 aromatic carbocycles. The van der Waals surface area contributed by atoms with Crippen LogP contribution < -0.4 is 5.32 Å². The third-order valence-electron chi connectivity index (χ3n) is 3.95.